The highest BCUT2D eigenvalue weighted by Gasteiger charge is 2.23. The first-order chi connectivity index (χ1) is 8.18. The van der Waals surface area contributed by atoms with Gasteiger partial charge in [-0.3, -0.25) is 4.79 Å². The third-order valence-corrected chi connectivity index (χ3v) is 3.09. The number of amides is 1. The van der Waals surface area contributed by atoms with Gasteiger partial charge in [0.15, 0.2) is 0 Å². The van der Waals surface area contributed by atoms with Crippen LogP contribution in [0.15, 0.2) is 18.2 Å². The molecule has 0 aromatic heterocycles. The van der Waals surface area contributed by atoms with Gasteiger partial charge in [-0.15, -0.1) is 0 Å². The number of phenolic OH excluding ortho intramolecular Hbond substituents is 1. The van der Waals surface area contributed by atoms with Gasteiger partial charge in [0.05, 0.1) is 17.5 Å². The van der Waals surface area contributed by atoms with Gasteiger partial charge in [0.25, 0.3) is 0 Å². The number of hydrogen-bond donors (Lipinski definition) is 2. The van der Waals surface area contributed by atoms with Crippen molar-refractivity contribution in [2.24, 2.45) is 5.92 Å². The summed E-state index contributed by atoms with van der Waals surface area (Å²) in [5, 5.41) is 12.6. The summed E-state index contributed by atoms with van der Waals surface area (Å²) in [5.41, 5.74) is 0.268. The number of phenols is 1. The fraction of sp³-hybridized carbons (Fsp3) is 0.417. The molecule has 1 fully saturated rings. The Hall–Kier alpha value is -1.26. The average molecular weight is 256 g/mol. The van der Waals surface area contributed by atoms with E-state index < -0.39 is 0 Å². The van der Waals surface area contributed by atoms with Crippen LogP contribution in [0.2, 0.25) is 5.02 Å². The number of benzene rings is 1. The lowest BCUT2D eigenvalue weighted by Crippen LogP contribution is -2.30. The summed E-state index contributed by atoms with van der Waals surface area (Å²) in [4.78, 5) is 11.9. The monoisotopic (exact) mass is 255 g/mol. The number of para-hydroxylation sites is 1. The predicted octanol–water partition coefficient (Wildman–Crippen LogP) is 2.41. The van der Waals surface area contributed by atoms with Gasteiger partial charge in [-0.05, 0) is 25.0 Å². The van der Waals surface area contributed by atoms with Gasteiger partial charge in [0, 0.05) is 6.61 Å². The zero-order chi connectivity index (χ0) is 12.3. The first kappa shape index (κ1) is 12.2. The first-order valence-corrected chi connectivity index (χ1v) is 5.92. The Bertz CT molecular complexity index is 396. The molecule has 0 aliphatic carbocycles. The largest absolute Gasteiger partial charge is 0.506 e. The molecule has 1 aliphatic heterocycles. The number of hydrogen-bond acceptors (Lipinski definition) is 3. The summed E-state index contributed by atoms with van der Waals surface area (Å²) in [6.07, 6.45) is 1.68. The standard InChI is InChI=1S/C12H14ClNO3/c13-9-4-1-5-10(15)11(9)14-12(16)8-3-2-6-17-7-8/h1,4-5,8,15H,2-3,6-7H2,(H,14,16). The molecule has 0 bridgehead atoms. The summed E-state index contributed by atoms with van der Waals surface area (Å²) in [6.45, 7) is 1.14. The number of anilines is 1. The van der Waals surface area contributed by atoms with Crippen molar-refractivity contribution in [3.63, 3.8) is 0 Å². The van der Waals surface area contributed by atoms with Crippen LogP contribution in [-0.4, -0.2) is 24.2 Å². The summed E-state index contributed by atoms with van der Waals surface area (Å²) in [7, 11) is 0. The second kappa shape index (κ2) is 5.38. The van der Waals surface area contributed by atoms with Crippen LogP contribution in [0, 0.1) is 5.92 Å². The van der Waals surface area contributed by atoms with Crippen molar-refractivity contribution in [3.8, 4) is 5.75 Å². The van der Waals surface area contributed by atoms with Crippen molar-refractivity contribution in [1.29, 1.82) is 0 Å². The molecule has 0 saturated carbocycles. The van der Waals surface area contributed by atoms with Crippen LogP contribution in [0.3, 0.4) is 0 Å². The highest BCUT2D eigenvalue weighted by Crippen LogP contribution is 2.31. The predicted molar refractivity (Wildman–Crippen MR) is 65.3 cm³/mol. The van der Waals surface area contributed by atoms with E-state index >= 15 is 0 Å². The lowest BCUT2D eigenvalue weighted by atomic mass is 10.0. The molecule has 1 aromatic carbocycles. The molecule has 1 amide bonds. The average Bonchev–Trinajstić information content (AvgIpc) is 2.35. The Labute approximate surface area is 105 Å². The zero-order valence-corrected chi connectivity index (χ0v) is 10.0. The van der Waals surface area contributed by atoms with E-state index in [0.29, 0.717) is 18.2 Å². The Morgan fingerprint density at radius 2 is 2.35 bits per heavy atom. The molecule has 2 N–H and O–H groups in total. The summed E-state index contributed by atoms with van der Waals surface area (Å²) >= 11 is 5.91. The van der Waals surface area contributed by atoms with Crippen molar-refractivity contribution in [2.75, 3.05) is 18.5 Å². The lowest BCUT2D eigenvalue weighted by Gasteiger charge is -2.21. The number of carbonyl (C=O) groups excluding carboxylic acids is 1. The van der Waals surface area contributed by atoms with Gasteiger partial charge in [-0.2, -0.15) is 0 Å². The summed E-state index contributed by atoms with van der Waals surface area (Å²) < 4.78 is 5.25. The normalized spacial score (nSPS) is 19.9. The van der Waals surface area contributed by atoms with E-state index in [1.54, 1.807) is 12.1 Å². The number of carbonyl (C=O) groups is 1. The number of rotatable bonds is 2. The highest BCUT2D eigenvalue weighted by molar-refractivity contribution is 6.34. The molecule has 1 saturated heterocycles. The second-order valence-electron chi connectivity index (χ2n) is 4.04. The van der Waals surface area contributed by atoms with E-state index in [1.807, 2.05) is 0 Å². The van der Waals surface area contributed by atoms with Crippen LogP contribution in [0.4, 0.5) is 5.69 Å². The van der Waals surface area contributed by atoms with E-state index in [-0.39, 0.29) is 23.3 Å². The van der Waals surface area contributed by atoms with E-state index in [1.165, 1.54) is 6.07 Å². The molecule has 1 atom stereocenters. The quantitative estimate of drug-likeness (QED) is 0.798. The molecule has 1 aromatic rings. The van der Waals surface area contributed by atoms with Crippen molar-refractivity contribution >= 4 is 23.2 Å². The van der Waals surface area contributed by atoms with Crippen molar-refractivity contribution in [2.45, 2.75) is 12.8 Å². The molecule has 1 heterocycles. The van der Waals surface area contributed by atoms with Crippen molar-refractivity contribution in [3.05, 3.63) is 23.2 Å². The summed E-state index contributed by atoms with van der Waals surface area (Å²) in [6, 6.07) is 4.73. The van der Waals surface area contributed by atoms with Gasteiger partial charge in [-0.25, -0.2) is 0 Å². The Morgan fingerprint density at radius 1 is 1.53 bits per heavy atom. The SMILES string of the molecule is O=C(Nc1c(O)cccc1Cl)C1CCCOC1. The molecular weight excluding hydrogens is 242 g/mol. The third kappa shape index (κ3) is 2.90. The van der Waals surface area contributed by atoms with E-state index in [4.69, 9.17) is 16.3 Å². The third-order valence-electron chi connectivity index (χ3n) is 2.77. The molecule has 0 spiro atoms. The van der Waals surface area contributed by atoms with Gasteiger partial charge < -0.3 is 15.2 Å². The van der Waals surface area contributed by atoms with Crippen molar-refractivity contribution < 1.29 is 14.6 Å². The minimum Gasteiger partial charge on any atom is -0.506 e. The summed E-state index contributed by atoms with van der Waals surface area (Å²) in [5.74, 6) is -0.352. The smallest absolute Gasteiger partial charge is 0.229 e. The van der Waals surface area contributed by atoms with E-state index in [0.717, 1.165) is 12.8 Å². The minimum atomic E-state index is -0.167. The molecule has 1 unspecified atom stereocenters. The van der Waals surface area contributed by atoms with Crippen LogP contribution in [-0.2, 0) is 9.53 Å². The van der Waals surface area contributed by atoms with Gasteiger partial charge in [0.1, 0.15) is 11.4 Å². The molecule has 92 valence electrons. The van der Waals surface area contributed by atoms with Gasteiger partial charge in [0.2, 0.25) is 5.91 Å². The maximum absolute atomic E-state index is 11.9. The number of aromatic hydroxyl groups is 1. The first-order valence-electron chi connectivity index (χ1n) is 5.54. The molecule has 1 aliphatic rings. The zero-order valence-electron chi connectivity index (χ0n) is 9.28. The molecule has 17 heavy (non-hydrogen) atoms. The van der Waals surface area contributed by atoms with E-state index in [9.17, 15) is 9.90 Å². The molecule has 2 rings (SSSR count). The lowest BCUT2D eigenvalue weighted by molar-refractivity contribution is -0.123. The topological polar surface area (TPSA) is 58.6 Å². The number of nitrogens with one attached hydrogen (secondary N) is 1. The Morgan fingerprint density at radius 3 is 3.00 bits per heavy atom. The Balaban J connectivity index is 2.07. The number of halogens is 1. The van der Waals surface area contributed by atoms with Gasteiger partial charge >= 0.3 is 0 Å². The molecule has 5 heteroatoms. The highest BCUT2D eigenvalue weighted by atomic mass is 35.5. The number of ether oxygens (including phenoxy) is 1. The molecule has 0 radical (unpaired) electrons. The fourth-order valence-electron chi connectivity index (χ4n) is 1.81. The van der Waals surface area contributed by atoms with Crippen LogP contribution in [0.1, 0.15) is 12.8 Å². The fourth-order valence-corrected chi connectivity index (χ4v) is 2.03. The van der Waals surface area contributed by atoms with Crippen LogP contribution >= 0.6 is 11.6 Å². The minimum absolute atomic E-state index is 0.0254. The van der Waals surface area contributed by atoms with Crippen LogP contribution < -0.4 is 5.32 Å². The van der Waals surface area contributed by atoms with Gasteiger partial charge in [-0.1, -0.05) is 17.7 Å². The van der Waals surface area contributed by atoms with Crippen LogP contribution in [0.25, 0.3) is 0 Å². The molecular formula is C12H14ClNO3. The maximum atomic E-state index is 11.9. The van der Waals surface area contributed by atoms with Crippen LogP contribution in [0.5, 0.6) is 5.75 Å². The molecule has 4 nitrogen and oxygen atoms in total. The van der Waals surface area contributed by atoms with Crippen molar-refractivity contribution in [1.82, 2.24) is 0 Å². The Kier molecular flexibility index (Phi) is 3.86. The van der Waals surface area contributed by atoms with E-state index in [2.05, 4.69) is 5.32 Å². The maximum Gasteiger partial charge on any atom is 0.229 e. The second-order valence-corrected chi connectivity index (χ2v) is 4.44.